The highest BCUT2D eigenvalue weighted by Crippen LogP contribution is 2.19. The van der Waals surface area contributed by atoms with E-state index in [1.165, 1.54) is 19.3 Å². The topological polar surface area (TPSA) is 93.1 Å². The maximum absolute atomic E-state index is 11.9. The van der Waals surface area contributed by atoms with E-state index in [2.05, 4.69) is 13.8 Å². The Bertz CT molecular complexity index is 392. The number of esters is 2. The zero-order valence-corrected chi connectivity index (χ0v) is 18.0. The summed E-state index contributed by atoms with van der Waals surface area (Å²) in [6.07, 6.45) is 12.3. The van der Waals surface area contributed by atoms with E-state index in [-0.39, 0.29) is 25.2 Å². The van der Waals surface area contributed by atoms with Gasteiger partial charge in [-0.3, -0.25) is 9.59 Å². The van der Waals surface area contributed by atoms with E-state index in [4.69, 9.17) is 9.47 Å². The average molecular weight is 403 g/mol. The molecule has 0 rings (SSSR count). The monoisotopic (exact) mass is 402 g/mol. The Morgan fingerprint density at radius 1 is 0.643 bits per heavy atom. The van der Waals surface area contributed by atoms with E-state index < -0.39 is 18.6 Å². The Hall–Kier alpha value is -1.14. The lowest BCUT2D eigenvalue weighted by Crippen LogP contribution is -2.41. The van der Waals surface area contributed by atoms with Crippen LogP contribution in [0.5, 0.6) is 0 Å². The number of unbranched alkanes of at least 4 members (excludes halogenated alkanes) is 9. The summed E-state index contributed by atoms with van der Waals surface area (Å²) in [4.78, 5) is 23.7. The summed E-state index contributed by atoms with van der Waals surface area (Å²) in [5.74, 6) is -0.690. The number of rotatable bonds is 19. The van der Waals surface area contributed by atoms with Crippen molar-refractivity contribution in [2.75, 3.05) is 26.4 Å². The van der Waals surface area contributed by atoms with Crippen molar-refractivity contribution in [3.8, 4) is 0 Å². The molecule has 0 aromatic carbocycles. The number of ether oxygens (including phenoxy) is 2. The summed E-state index contributed by atoms with van der Waals surface area (Å²) in [6.45, 7) is 3.15. The Kier molecular flexibility index (Phi) is 17.2. The third-order valence-corrected chi connectivity index (χ3v) is 4.97. The number of aliphatic hydroxyl groups excluding tert-OH is 2. The summed E-state index contributed by atoms with van der Waals surface area (Å²) in [5.41, 5.74) is -1.14. The minimum absolute atomic E-state index is 0.154. The molecule has 0 spiro atoms. The second-order valence-corrected chi connectivity index (χ2v) is 7.82. The molecule has 0 atom stereocenters. The van der Waals surface area contributed by atoms with Crippen molar-refractivity contribution in [3.63, 3.8) is 0 Å². The van der Waals surface area contributed by atoms with Crippen molar-refractivity contribution in [2.24, 2.45) is 5.41 Å². The van der Waals surface area contributed by atoms with E-state index in [1.54, 1.807) is 0 Å². The van der Waals surface area contributed by atoms with Gasteiger partial charge >= 0.3 is 11.9 Å². The summed E-state index contributed by atoms with van der Waals surface area (Å²) in [7, 11) is 0. The minimum atomic E-state index is -1.14. The van der Waals surface area contributed by atoms with E-state index in [0.717, 1.165) is 51.4 Å². The van der Waals surface area contributed by atoms with Gasteiger partial charge in [-0.05, 0) is 12.8 Å². The van der Waals surface area contributed by atoms with Gasteiger partial charge in [0.25, 0.3) is 0 Å². The summed E-state index contributed by atoms with van der Waals surface area (Å²) < 4.78 is 10.4. The predicted octanol–water partition coefficient (Wildman–Crippen LogP) is 4.15. The molecule has 0 aliphatic heterocycles. The molecular weight excluding hydrogens is 360 g/mol. The van der Waals surface area contributed by atoms with Gasteiger partial charge in [0, 0.05) is 12.8 Å². The van der Waals surface area contributed by atoms with Crippen LogP contribution >= 0.6 is 0 Å². The molecule has 0 aromatic heterocycles. The second kappa shape index (κ2) is 17.9. The van der Waals surface area contributed by atoms with Crippen LogP contribution in [0.2, 0.25) is 0 Å². The van der Waals surface area contributed by atoms with E-state index in [1.807, 2.05) is 0 Å². The van der Waals surface area contributed by atoms with Crippen molar-refractivity contribution in [3.05, 3.63) is 0 Å². The number of carbonyl (C=O) groups is 2. The SMILES string of the molecule is CCCCCCCCC(=O)OCC(CO)(CO)COC(=O)CCCCCCC. The normalized spacial score (nSPS) is 11.4. The molecule has 0 amide bonds. The molecule has 28 heavy (non-hydrogen) atoms. The van der Waals surface area contributed by atoms with Crippen molar-refractivity contribution in [1.29, 1.82) is 0 Å². The molecule has 0 heterocycles. The van der Waals surface area contributed by atoms with Gasteiger partial charge in [0.2, 0.25) is 0 Å². The Balaban J connectivity index is 4.08. The van der Waals surface area contributed by atoms with E-state index >= 15 is 0 Å². The highest BCUT2D eigenvalue weighted by atomic mass is 16.5. The molecule has 0 saturated carbocycles. The Morgan fingerprint density at radius 2 is 1.00 bits per heavy atom. The van der Waals surface area contributed by atoms with Crippen LogP contribution in [0, 0.1) is 5.41 Å². The summed E-state index contributed by atoms with van der Waals surface area (Å²) >= 11 is 0. The molecule has 0 bridgehead atoms. The van der Waals surface area contributed by atoms with Crippen LogP contribution in [0.3, 0.4) is 0 Å². The Labute approximate surface area is 171 Å². The predicted molar refractivity (Wildman–Crippen MR) is 110 cm³/mol. The summed E-state index contributed by atoms with van der Waals surface area (Å²) in [6, 6.07) is 0. The van der Waals surface area contributed by atoms with Gasteiger partial charge < -0.3 is 19.7 Å². The molecule has 6 nitrogen and oxygen atoms in total. The van der Waals surface area contributed by atoms with Gasteiger partial charge in [0.15, 0.2) is 0 Å². The lowest BCUT2D eigenvalue weighted by Gasteiger charge is -2.28. The first-order valence-electron chi connectivity index (χ1n) is 11.1. The minimum Gasteiger partial charge on any atom is -0.465 e. The van der Waals surface area contributed by atoms with Crippen LogP contribution < -0.4 is 0 Å². The molecule has 0 aliphatic rings. The highest BCUT2D eigenvalue weighted by Gasteiger charge is 2.32. The first-order chi connectivity index (χ1) is 13.5. The molecule has 0 unspecified atom stereocenters. The number of hydrogen-bond donors (Lipinski definition) is 2. The number of hydrogen-bond acceptors (Lipinski definition) is 6. The fourth-order valence-corrected chi connectivity index (χ4v) is 2.81. The largest absolute Gasteiger partial charge is 0.465 e. The maximum atomic E-state index is 11.9. The van der Waals surface area contributed by atoms with Crippen molar-refractivity contribution >= 4 is 11.9 Å². The van der Waals surface area contributed by atoms with Gasteiger partial charge in [-0.1, -0.05) is 71.6 Å². The molecule has 0 radical (unpaired) electrons. The second-order valence-electron chi connectivity index (χ2n) is 7.82. The smallest absolute Gasteiger partial charge is 0.305 e. The van der Waals surface area contributed by atoms with Gasteiger partial charge in [-0.2, -0.15) is 0 Å². The van der Waals surface area contributed by atoms with Crippen LogP contribution in [0.15, 0.2) is 0 Å². The molecule has 2 N–H and O–H groups in total. The lowest BCUT2D eigenvalue weighted by molar-refractivity contribution is -0.159. The zero-order valence-electron chi connectivity index (χ0n) is 18.0. The van der Waals surface area contributed by atoms with Gasteiger partial charge in [-0.15, -0.1) is 0 Å². The van der Waals surface area contributed by atoms with Gasteiger partial charge in [0.05, 0.1) is 18.6 Å². The zero-order chi connectivity index (χ0) is 21.1. The molecular formula is C22H42O6. The molecule has 0 fully saturated rings. The van der Waals surface area contributed by atoms with Gasteiger partial charge in [0.1, 0.15) is 13.2 Å². The quantitative estimate of drug-likeness (QED) is 0.249. The first kappa shape index (κ1) is 26.9. The van der Waals surface area contributed by atoms with Crippen molar-refractivity contribution in [1.82, 2.24) is 0 Å². The van der Waals surface area contributed by atoms with Crippen LogP contribution in [0.25, 0.3) is 0 Å². The third kappa shape index (κ3) is 13.9. The highest BCUT2D eigenvalue weighted by molar-refractivity contribution is 5.69. The summed E-state index contributed by atoms with van der Waals surface area (Å²) in [5, 5.41) is 19.3. The van der Waals surface area contributed by atoms with Gasteiger partial charge in [-0.25, -0.2) is 0 Å². The molecule has 166 valence electrons. The first-order valence-corrected chi connectivity index (χ1v) is 11.1. The molecule has 0 aliphatic carbocycles. The molecule has 0 saturated heterocycles. The maximum Gasteiger partial charge on any atom is 0.305 e. The number of aliphatic hydroxyl groups is 2. The van der Waals surface area contributed by atoms with Crippen LogP contribution in [0.4, 0.5) is 0 Å². The van der Waals surface area contributed by atoms with Crippen LogP contribution in [-0.4, -0.2) is 48.6 Å². The van der Waals surface area contributed by atoms with Crippen molar-refractivity contribution in [2.45, 2.75) is 97.3 Å². The molecule has 6 heteroatoms. The fourth-order valence-electron chi connectivity index (χ4n) is 2.81. The number of carbonyl (C=O) groups excluding carboxylic acids is 2. The van der Waals surface area contributed by atoms with Crippen molar-refractivity contribution < 1.29 is 29.3 Å². The van der Waals surface area contributed by atoms with E-state index in [0.29, 0.717) is 12.8 Å². The molecule has 0 aromatic rings. The standard InChI is InChI=1S/C22H42O6/c1-3-5-7-9-11-13-15-21(26)28-19-22(16-23,17-24)18-27-20(25)14-12-10-8-6-4-2/h23-24H,3-19H2,1-2H3. The van der Waals surface area contributed by atoms with Crippen LogP contribution in [0.1, 0.15) is 97.3 Å². The third-order valence-electron chi connectivity index (χ3n) is 4.97. The fraction of sp³-hybridized carbons (Fsp3) is 0.909. The lowest BCUT2D eigenvalue weighted by atomic mass is 9.92. The van der Waals surface area contributed by atoms with Crippen LogP contribution in [-0.2, 0) is 19.1 Å². The average Bonchev–Trinajstić information content (AvgIpc) is 2.71. The Morgan fingerprint density at radius 3 is 1.36 bits per heavy atom. The van der Waals surface area contributed by atoms with E-state index in [9.17, 15) is 19.8 Å².